The Morgan fingerprint density at radius 3 is 2.77 bits per heavy atom. The van der Waals surface area contributed by atoms with Crippen LogP contribution in [0.4, 0.5) is 0 Å². The number of likely N-dealkylation sites (N-methyl/N-ethyl adjacent to an activating group) is 1. The van der Waals surface area contributed by atoms with Crippen LogP contribution in [-0.4, -0.2) is 43.5 Å². The van der Waals surface area contributed by atoms with E-state index in [1.54, 1.807) is 25.1 Å². The molecule has 0 saturated carbocycles. The second kappa shape index (κ2) is 9.49. The molecule has 1 heterocycles. The zero-order valence-electron chi connectivity index (χ0n) is 14.4. The van der Waals surface area contributed by atoms with E-state index in [0.29, 0.717) is 6.54 Å². The zero-order valence-corrected chi connectivity index (χ0v) is 14.4. The van der Waals surface area contributed by atoms with Gasteiger partial charge in [-0.1, -0.05) is 26.7 Å². The van der Waals surface area contributed by atoms with Crippen molar-refractivity contribution in [2.75, 3.05) is 20.7 Å². The number of unbranched alkanes of at least 4 members (excludes halogenated alkanes) is 2. The lowest BCUT2D eigenvalue weighted by molar-refractivity contribution is -0.125. The molecule has 0 aromatic carbocycles. The summed E-state index contributed by atoms with van der Waals surface area (Å²) in [6, 6.07) is 0.0386. The van der Waals surface area contributed by atoms with Crippen LogP contribution in [0.5, 0.6) is 0 Å². The van der Waals surface area contributed by atoms with Gasteiger partial charge in [0.05, 0.1) is 13.2 Å². The van der Waals surface area contributed by atoms with E-state index in [4.69, 9.17) is 4.74 Å². The number of carbonyl (C=O) groups excluding carboxylic acids is 2. The highest BCUT2D eigenvalue weighted by atomic mass is 16.5. The molecule has 0 aromatic heterocycles. The summed E-state index contributed by atoms with van der Waals surface area (Å²) in [4.78, 5) is 25.2. The van der Waals surface area contributed by atoms with Gasteiger partial charge >= 0.3 is 0 Å². The molecule has 0 fully saturated rings. The van der Waals surface area contributed by atoms with Crippen molar-refractivity contribution < 1.29 is 14.3 Å². The van der Waals surface area contributed by atoms with Crippen molar-refractivity contribution >= 4 is 11.8 Å². The van der Waals surface area contributed by atoms with Crippen molar-refractivity contribution in [2.45, 2.75) is 58.4 Å². The maximum Gasteiger partial charge on any atom is 0.250 e. The molecule has 1 aliphatic rings. The number of hydrogen-bond donors (Lipinski definition) is 1. The van der Waals surface area contributed by atoms with Gasteiger partial charge in [-0.2, -0.15) is 0 Å². The molecule has 0 radical (unpaired) electrons. The number of hydrogen-bond acceptors (Lipinski definition) is 3. The molecule has 5 nitrogen and oxygen atoms in total. The summed E-state index contributed by atoms with van der Waals surface area (Å²) in [6.07, 6.45) is 7.47. The zero-order chi connectivity index (χ0) is 16.5. The Bertz CT molecular complexity index is 407. The fraction of sp³-hybridized carbons (Fsp3) is 0.765. The lowest BCUT2D eigenvalue weighted by atomic mass is 10.0. The summed E-state index contributed by atoms with van der Waals surface area (Å²) in [5.41, 5.74) is 0. The lowest BCUT2D eigenvalue weighted by Gasteiger charge is -2.22. The smallest absolute Gasteiger partial charge is 0.250 e. The molecule has 5 heteroatoms. The molecule has 0 spiro atoms. The quantitative estimate of drug-likeness (QED) is 0.631. The second-order valence-corrected chi connectivity index (χ2v) is 6.05. The van der Waals surface area contributed by atoms with Gasteiger partial charge in [0.1, 0.15) is 5.76 Å². The predicted molar refractivity (Wildman–Crippen MR) is 87.2 cm³/mol. The van der Waals surface area contributed by atoms with Crippen LogP contribution in [0.25, 0.3) is 0 Å². The molecule has 0 aromatic rings. The largest absolute Gasteiger partial charge is 0.499 e. The average Bonchev–Trinajstić information content (AvgIpc) is 2.79. The standard InChI is InChI=1S/C17H30N2O3/c1-5-6-9-13(2)17(21)18-11-8-7-10-14-15(22-4)12-16(20)19(14)3/h12-14H,5-11H2,1-4H3,(H,18,21). The van der Waals surface area contributed by atoms with Gasteiger partial charge in [-0.15, -0.1) is 0 Å². The maximum absolute atomic E-state index is 11.9. The van der Waals surface area contributed by atoms with Crippen LogP contribution in [-0.2, 0) is 14.3 Å². The highest BCUT2D eigenvalue weighted by molar-refractivity contribution is 5.91. The predicted octanol–water partition coefficient (Wildman–Crippen LogP) is 2.47. The Balaban J connectivity index is 2.19. The Hall–Kier alpha value is -1.52. The van der Waals surface area contributed by atoms with E-state index < -0.39 is 0 Å². The molecule has 1 N–H and O–H groups in total. The first kappa shape index (κ1) is 18.5. The monoisotopic (exact) mass is 310 g/mol. The summed E-state index contributed by atoms with van der Waals surface area (Å²) in [6.45, 7) is 4.82. The highest BCUT2D eigenvalue weighted by Crippen LogP contribution is 2.22. The number of carbonyl (C=O) groups is 2. The molecule has 1 rings (SSSR count). The summed E-state index contributed by atoms with van der Waals surface area (Å²) in [5.74, 6) is 0.991. The van der Waals surface area contributed by atoms with Gasteiger partial charge in [0, 0.05) is 25.6 Å². The molecular formula is C17H30N2O3. The highest BCUT2D eigenvalue weighted by Gasteiger charge is 2.30. The molecule has 2 amide bonds. The third-order valence-electron chi connectivity index (χ3n) is 4.29. The summed E-state index contributed by atoms with van der Waals surface area (Å²) < 4.78 is 5.26. The van der Waals surface area contributed by atoms with Gasteiger partial charge in [-0.3, -0.25) is 9.59 Å². The van der Waals surface area contributed by atoms with Gasteiger partial charge < -0.3 is 15.0 Å². The number of rotatable bonds is 10. The number of nitrogens with one attached hydrogen (secondary N) is 1. The first-order chi connectivity index (χ1) is 10.5. The van der Waals surface area contributed by atoms with Crippen LogP contribution in [0.2, 0.25) is 0 Å². The van der Waals surface area contributed by atoms with Gasteiger partial charge in [-0.25, -0.2) is 0 Å². The fourth-order valence-corrected chi connectivity index (χ4v) is 2.68. The third-order valence-corrected chi connectivity index (χ3v) is 4.29. The van der Waals surface area contributed by atoms with Crippen molar-refractivity contribution in [1.82, 2.24) is 10.2 Å². The Kier molecular flexibility index (Phi) is 7.99. The molecule has 2 unspecified atom stereocenters. The third kappa shape index (κ3) is 5.35. The minimum absolute atomic E-state index is 0.0000910. The molecule has 0 saturated heterocycles. The average molecular weight is 310 g/mol. The van der Waals surface area contributed by atoms with Gasteiger partial charge in [-0.05, 0) is 25.7 Å². The number of ether oxygens (including phenoxy) is 1. The van der Waals surface area contributed by atoms with Gasteiger partial charge in [0.15, 0.2) is 0 Å². The molecule has 2 atom stereocenters. The van der Waals surface area contributed by atoms with Crippen LogP contribution in [0.15, 0.2) is 11.8 Å². The minimum atomic E-state index is -0.0000910. The van der Waals surface area contributed by atoms with E-state index in [1.807, 2.05) is 6.92 Å². The maximum atomic E-state index is 11.9. The van der Waals surface area contributed by atoms with Crippen LogP contribution in [0.3, 0.4) is 0 Å². The first-order valence-electron chi connectivity index (χ1n) is 8.31. The molecule has 0 aliphatic carbocycles. The van der Waals surface area contributed by atoms with E-state index in [0.717, 1.165) is 44.3 Å². The van der Waals surface area contributed by atoms with E-state index in [-0.39, 0.29) is 23.8 Å². The van der Waals surface area contributed by atoms with Crippen LogP contribution in [0, 0.1) is 5.92 Å². The SMILES string of the molecule is CCCCC(C)C(=O)NCCCCC1C(OC)=CC(=O)N1C. The van der Waals surface area contributed by atoms with E-state index >= 15 is 0 Å². The van der Waals surface area contributed by atoms with E-state index in [1.165, 1.54) is 0 Å². The van der Waals surface area contributed by atoms with Crippen molar-refractivity contribution in [1.29, 1.82) is 0 Å². The van der Waals surface area contributed by atoms with Gasteiger partial charge in [0.2, 0.25) is 11.8 Å². The first-order valence-corrected chi connectivity index (χ1v) is 8.31. The van der Waals surface area contributed by atoms with E-state index in [9.17, 15) is 9.59 Å². The summed E-state index contributed by atoms with van der Waals surface area (Å²) >= 11 is 0. The minimum Gasteiger partial charge on any atom is -0.499 e. The summed E-state index contributed by atoms with van der Waals surface area (Å²) in [7, 11) is 3.40. The normalized spacial score (nSPS) is 19.1. The Morgan fingerprint density at radius 2 is 2.14 bits per heavy atom. The van der Waals surface area contributed by atoms with Crippen molar-refractivity contribution in [3.05, 3.63) is 11.8 Å². The molecule has 1 aliphatic heterocycles. The van der Waals surface area contributed by atoms with Gasteiger partial charge in [0.25, 0.3) is 0 Å². The lowest BCUT2D eigenvalue weighted by Crippen LogP contribution is -2.32. The molecule has 0 bridgehead atoms. The fourth-order valence-electron chi connectivity index (χ4n) is 2.68. The van der Waals surface area contributed by atoms with Crippen LogP contribution < -0.4 is 5.32 Å². The van der Waals surface area contributed by atoms with Crippen molar-refractivity contribution in [3.63, 3.8) is 0 Å². The summed E-state index contributed by atoms with van der Waals surface area (Å²) in [5, 5.41) is 3.00. The molecular weight excluding hydrogens is 280 g/mol. The van der Waals surface area contributed by atoms with Crippen LogP contribution >= 0.6 is 0 Å². The molecule has 126 valence electrons. The van der Waals surface area contributed by atoms with Crippen LogP contribution in [0.1, 0.15) is 52.4 Å². The number of methoxy groups -OCH3 is 1. The number of amides is 2. The van der Waals surface area contributed by atoms with E-state index in [2.05, 4.69) is 12.2 Å². The second-order valence-electron chi connectivity index (χ2n) is 6.05. The number of nitrogens with zero attached hydrogens (tertiary/aromatic N) is 1. The van der Waals surface area contributed by atoms with Crippen molar-refractivity contribution in [2.24, 2.45) is 5.92 Å². The Morgan fingerprint density at radius 1 is 1.41 bits per heavy atom. The topological polar surface area (TPSA) is 58.6 Å². The van der Waals surface area contributed by atoms with Crippen molar-refractivity contribution in [3.8, 4) is 0 Å². The molecule has 22 heavy (non-hydrogen) atoms. The Labute approximate surface area is 134 Å².